The minimum absolute atomic E-state index is 0.0111. The number of nitrogens with zero attached hydrogens (tertiary/aromatic N) is 5. The van der Waals surface area contributed by atoms with E-state index < -0.39 is 47.9 Å². The number of hydrogen-bond donors (Lipinski definition) is 3. The molecule has 0 aliphatic carbocycles. The highest BCUT2D eigenvalue weighted by atomic mass is 16.5. The fourth-order valence-electron chi connectivity index (χ4n) is 5.09. The molecule has 3 N–H and O–H groups in total. The van der Waals surface area contributed by atoms with Gasteiger partial charge in [0.1, 0.15) is 29.7 Å². The van der Waals surface area contributed by atoms with Gasteiger partial charge in [-0.05, 0) is 24.6 Å². The minimum atomic E-state index is -1.12. The Hall–Kier alpha value is -4.85. The van der Waals surface area contributed by atoms with E-state index in [2.05, 4.69) is 26.1 Å². The van der Waals surface area contributed by atoms with E-state index in [0.717, 1.165) is 5.56 Å². The Morgan fingerprint density at radius 1 is 0.930 bits per heavy atom. The number of likely N-dealkylation sites (N-methyl/N-ethyl adjacent to an activating group) is 1. The molecule has 1 aromatic heterocycles. The molecule has 2 aliphatic rings. The molecular weight excluding hydrogens is 556 g/mol. The number of carbonyl (C=O) groups is 5. The van der Waals surface area contributed by atoms with E-state index in [0.29, 0.717) is 11.0 Å². The second-order valence-corrected chi connectivity index (χ2v) is 10.7. The van der Waals surface area contributed by atoms with Crippen LogP contribution in [0.15, 0.2) is 54.6 Å². The van der Waals surface area contributed by atoms with Crippen molar-refractivity contribution >= 4 is 40.6 Å². The van der Waals surface area contributed by atoms with Crippen molar-refractivity contribution in [1.29, 1.82) is 0 Å². The molecule has 5 rings (SSSR count). The summed E-state index contributed by atoms with van der Waals surface area (Å²) in [5.74, 6) is -2.42. The van der Waals surface area contributed by atoms with Crippen molar-refractivity contribution < 1.29 is 28.7 Å². The fraction of sp³-hybridized carbons (Fsp3) is 0.414. The van der Waals surface area contributed by atoms with Crippen LogP contribution in [0.25, 0.3) is 11.0 Å². The Labute approximate surface area is 247 Å². The average Bonchev–Trinajstić information content (AvgIpc) is 3.41. The zero-order valence-electron chi connectivity index (χ0n) is 23.9. The van der Waals surface area contributed by atoms with Crippen molar-refractivity contribution in [1.82, 2.24) is 40.7 Å². The van der Waals surface area contributed by atoms with E-state index in [9.17, 15) is 24.0 Å². The lowest BCUT2D eigenvalue weighted by Gasteiger charge is -2.38. The van der Waals surface area contributed by atoms with Gasteiger partial charge in [0.25, 0.3) is 5.91 Å². The maximum Gasteiger partial charge on any atom is 0.251 e. The number of morpholine rings is 1. The topological polar surface area (TPSA) is 168 Å². The molecule has 43 heavy (non-hydrogen) atoms. The summed E-state index contributed by atoms with van der Waals surface area (Å²) in [5, 5.41) is 16.8. The highest BCUT2D eigenvalue weighted by Crippen LogP contribution is 2.15. The van der Waals surface area contributed by atoms with Crippen molar-refractivity contribution in [3.63, 3.8) is 0 Å². The van der Waals surface area contributed by atoms with Crippen LogP contribution in [0.4, 0.5) is 0 Å². The molecule has 4 atom stereocenters. The van der Waals surface area contributed by atoms with E-state index in [1.165, 1.54) is 28.6 Å². The molecule has 14 nitrogen and oxygen atoms in total. The van der Waals surface area contributed by atoms with Gasteiger partial charge in [0.15, 0.2) is 6.10 Å². The number of fused-ring (bicyclic) bond motifs is 3. The summed E-state index contributed by atoms with van der Waals surface area (Å²) < 4.78 is 6.05. The van der Waals surface area contributed by atoms with Crippen LogP contribution in [-0.2, 0) is 41.7 Å². The Balaban J connectivity index is 1.39. The Bertz CT molecular complexity index is 1480. The molecule has 2 bridgehead atoms. The van der Waals surface area contributed by atoms with Crippen LogP contribution in [0, 0.1) is 0 Å². The van der Waals surface area contributed by atoms with Crippen molar-refractivity contribution in [3.8, 4) is 0 Å². The third kappa shape index (κ3) is 7.33. The van der Waals surface area contributed by atoms with Gasteiger partial charge in [-0.15, -0.1) is 0 Å². The molecule has 2 aliphatic heterocycles. The smallest absolute Gasteiger partial charge is 0.251 e. The molecular formula is C29H34N8O6. The summed E-state index contributed by atoms with van der Waals surface area (Å²) in [7, 11) is 1.45. The van der Waals surface area contributed by atoms with Gasteiger partial charge in [0, 0.05) is 26.6 Å². The third-order valence-corrected chi connectivity index (χ3v) is 7.35. The molecule has 0 spiro atoms. The van der Waals surface area contributed by atoms with Crippen molar-refractivity contribution in [2.45, 2.75) is 44.2 Å². The summed E-state index contributed by atoms with van der Waals surface area (Å²) in [4.78, 5) is 69.8. The van der Waals surface area contributed by atoms with E-state index >= 15 is 0 Å². The maximum atomic E-state index is 13.6. The quantitative estimate of drug-likeness (QED) is 0.342. The van der Waals surface area contributed by atoms with Crippen LogP contribution >= 0.6 is 0 Å². The monoisotopic (exact) mass is 590 g/mol. The average molecular weight is 591 g/mol. The van der Waals surface area contributed by atoms with Gasteiger partial charge in [0.2, 0.25) is 23.6 Å². The lowest BCUT2D eigenvalue weighted by Crippen LogP contribution is -2.60. The Kier molecular flexibility index (Phi) is 8.95. The number of ether oxygens (including phenoxy) is 1. The first-order valence-electron chi connectivity index (χ1n) is 14.1. The second kappa shape index (κ2) is 13.0. The first-order valence-corrected chi connectivity index (χ1v) is 14.1. The van der Waals surface area contributed by atoms with Gasteiger partial charge in [0.05, 0.1) is 19.2 Å². The summed E-state index contributed by atoms with van der Waals surface area (Å²) in [6.07, 6.45) is -1.69. The summed E-state index contributed by atoms with van der Waals surface area (Å²) in [5.41, 5.74) is 2.10. The number of nitrogens with one attached hydrogen (secondary N) is 3. The number of amides is 5. The third-order valence-electron chi connectivity index (χ3n) is 7.35. The van der Waals surface area contributed by atoms with Crippen LogP contribution in [0.2, 0.25) is 0 Å². The van der Waals surface area contributed by atoms with Gasteiger partial charge in [-0.1, -0.05) is 42.5 Å². The van der Waals surface area contributed by atoms with Gasteiger partial charge < -0.3 is 30.5 Å². The van der Waals surface area contributed by atoms with Gasteiger partial charge >= 0.3 is 0 Å². The molecule has 3 heterocycles. The number of aromatic nitrogens is 3. The van der Waals surface area contributed by atoms with Crippen LogP contribution < -0.4 is 16.0 Å². The number of benzene rings is 2. The number of carbonyl (C=O) groups excluding carboxylic acids is 5. The van der Waals surface area contributed by atoms with Gasteiger partial charge in [-0.3, -0.25) is 24.0 Å². The largest absolute Gasteiger partial charge is 0.360 e. The number of hydrogen-bond acceptors (Lipinski definition) is 8. The van der Waals surface area contributed by atoms with Crippen molar-refractivity contribution in [3.05, 3.63) is 60.2 Å². The molecule has 5 amide bonds. The zero-order chi connectivity index (χ0) is 30.5. The molecule has 226 valence electrons. The zero-order valence-corrected chi connectivity index (χ0v) is 23.9. The lowest BCUT2D eigenvalue weighted by atomic mass is 10.0. The molecule has 0 unspecified atom stereocenters. The first kappa shape index (κ1) is 29.6. The SMILES string of the molecule is C[C@H]1NC(=O)CN(C)C(=O)[C@@H](Cc2ccccc2)NC(=O)[C@H]2CN(C(=O)Cn3nc4ccccc4n3)C[C@H](CNC1=O)O2. The van der Waals surface area contributed by atoms with E-state index in [1.54, 1.807) is 12.1 Å². The molecule has 2 saturated heterocycles. The molecule has 3 aromatic rings. The predicted octanol–water partition coefficient (Wildman–Crippen LogP) is -1.15. The summed E-state index contributed by atoms with van der Waals surface area (Å²) in [6.45, 7) is 1.07. The summed E-state index contributed by atoms with van der Waals surface area (Å²) in [6, 6.07) is 14.5. The first-order chi connectivity index (χ1) is 20.7. The molecule has 2 aromatic carbocycles. The van der Waals surface area contributed by atoms with Crippen LogP contribution in [0.3, 0.4) is 0 Å². The molecule has 2 fully saturated rings. The normalized spacial score (nSPS) is 24.0. The van der Waals surface area contributed by atoms with Crippen LogP contribution in [0.5, 0.6) is 0 Å². The van der Waals surface area contributed by atoms with Gasteiger partial charge in [-0.25, -0.2) is 0 Å². The number of rotatable bonds is 4. The highest BCUT2D eigenvalue weighted by Gasteiger charge is 2.37. The highest BCUT2D eigenvalue weighted by molar-refractivity contribution is 5.93. The summed E-state index contributed by atoms with van der Waals surface area (Å²) >= 11 is 0. The fourth-order valence-corrected chi connectivity index (χ4v) is 5.09. The standard InChI is InChI=1S/C29H34N8O6/c1-18-27(40)30-13-20-14-36(26(39)17-37-33-21-10-6-7-11-22(21)34-37)15-24(43-20)28(41)32-23(12-19-8-4-3-5-9-19)29(42)35(2)16-25(38)31-18/h3-11,18,20,23-24H,12-17H2,1-2H3,(H,30,40)(H,31,38)(H,32,41)/t18-,20+,23-,24-/m1/s1. The molecule has 0 radical (unpaired) electrons. The van der Waals surface area contributed by atoms with E-state index in [1.807, 2.05) is 42.5 Å². The van der Waals surface area contributed by atoms with Crippen LogP contribution in [-0.4, -0.2) is 112 Å². The van der Waals surface area contributed by atoms with Crippen molar-refractivity contribution in [2.24, 2.45) is 0 Å². The minimum Gasteiger partial charge on any atom is -0.360 e. The van der Waals surface area contributed by atoms with Gasteiger partial charge in [-0.2, -0.15) is 15.0 Å². The van der Waals surface area contributed by atoms with Crippen LogP contribution in [0.1, 0.15) is 12.5 Å². The Morgan fingerprint density at radius 3 is 2.30 bits per heavy atom. The lowest BCUT2D eigenvalue weighted by molar-refractivity contribution is -0.157. The molecule has 0 saturated carbocycles. The van der Waals surface area contributed by atoms with Crippen molar-refractivity contribution in [2.75, 3.05) is 33.2 Å². The van der Waals surface area contributed by atoms with E-state index in [4.69, 9.17) is 4.74 Å². The predicted molar refractivity (Wildman–Crippen MR) is 153 cm³/mol. The van der Waals surface area contributed by atoms with E-state index in [-0.39, 0.29) is 45.1 Å². The Morgan fingerprint density at radius 2 is 1.60 bits per heavy atom. The maximum absolute atomic E-state index is 13.6. The second-order valence-electron chi connectivity index (χ2n) is 10.7. The molecule has 14 heteroatoms.